The van der Waals surface area contributed by atoms with Crippen LogP contribution in [0.15, 0.2) is 30.6 Å². The van der Waals surface area contributed by atoms with Gasteiger partial charge in [-0.3, -0.25) is 4.90 Å². The maximum Gasteiger partial charge on any atom is 0.171 e. The van der Waals surface area contributed by atoms with Crippen molar-refractivity contribution >= 4 is 11.6 Å². The number of hydrogen-bond acceptors (Lipinski definition) is 5. The summed E-state index contributed by atoms with van der Waals surface area (Å²) in [4.78, 5) is 12.6. The fraction of sp³-hybridized carbons (Fsp3) is 0.375. The maximum absolute atomic E-state index is 13.9. The van der Waals surface area contributed by atoms with Gasteiger partial charge in [0.2, 0.25) is 0 Å². The molecule has 23 heavy (non-hydrogen) atoms. The van der Waals surface area contributed by atoms with E-state index in [-0.39, 0.29) is 6.04 Å². The summed E-state index contributed by atoms with van der Waals surface area (Å²) in [7, 11) is 0. The van der Waals surface area contributed by atoms with Crippen LogP contribution in [0, 0.1) is 11.6 Å². The first-order valence-electron chi connectivity index (χ1n) is 7.56. The number of aromatic nitrogens is 2. The summed E-state index contributed by atoms with van der Waals surface area (Å²) in [5.41, 5.74) is 6.37. The van der Waals surface area contributed by atoms with E-state index in [0.717, 1.165) is 32.2 Å². The molecule has 7 heteroatoms. The fourth-order valence-electron chi connectivity index (χ4n) is 2.94. The topological polar surface area (TPSA) is 58.3 Å². The molecule has 0 bridgehead atoms. The number of anilines is 2. The van der Waals surface area contributed by atoms with Gasteiger partial charge in [-0.15, -0.1) is 0 Å². The van der Waals surface area contributed by atoms with Gasteiger partial charge in [-0.2, -0.15) is 0 Å². The lowest BCUT2D eigenvalue weighted by atomic mass is 10.1. The van der Waals surface area contributed by atoms with Crippen LogP contribution in [0.1, 0.15) is 18.5 Å². The monoisotopic (exact) mass is 319 g/mol. The molecular formula is C16H19F2N5. The van der Waals surface area contributed by atoms with Gasteiger partial charge in [0.25, 0.3) is 0 Å². The van der Waals surface area contributed by atoms with Crippen LogP contribution in [0.25, 0.3) is 0 Å². The van der Waals surface area contributed by atoms with Crippen molar-refractivity contribution in [1.82, 2.24) is 14.9 Å². The van der Waals surface area contributed by atoms with Crippen molar-refractivity contribution in [3.8, 4) is 0 Å². The van der Waals surface area contributed by atoms with E-state index < -0.39 is 11.6 Å². The van der Waals surface area contributed by atoms with Crippen LogP contribution >= 0.6 is 0 Å². The molecule has 1 aromatic carbocycles. The SMILES string of the molecule is C[C@H](c1ccc(F)cc1F)N1CCN(c2nccnc2N)CC1. The minimum absolute atomic E-state index is 0.114. The molecule has 1 atom stereocenters. The van der Waals surface area contributed by atoms with Gasteiger partial charge in [0, 0.05) is 56.2 Å². The lowest BCUT2D eigenvalue weighted by Crippen LogP contribution is -2.47. The average Bonchev–Trinajstić information content (AvgIpc) is 2.55. The number of rotatable bonds is 3. The summed E-state index contributed by atoms with van der Waals surface area (Å²) in [6.07, 6.45) is 3.18. The van der Waals surface area contributed by atoms with Crippen molar-refractivity contribution in [3.63, 3.8) is 0 Å². The number of nitrogens with two attached hydrogens (primary N) is 1. The smallest absolute Gasteiger partial charge is 0.171 e. The Balaban J connectivity index is 1.68. The highest BCUT2D eigenvalue weighted by molar-refractivity contribution is 5.57. The third-order valence-electron chi connectivity index (χ3n) is 4.28. The third kappa shape index (κ3) is 3.24. The summed E-state index contributed by atoms with van der Waals surface area (Å²) < 4.78 is 27.0. The van der Waals surface area contributed by atoms with Crippen molar-refractivity contribution < 1.29 is 8.78 Å². The Hall–Kier alpha value is -2.28. The molecule has 2 heterocycles. The number of halogens is 2. The lowest BCUT2D eigenvalue weighted by molar-refractivity contribution is 0.194. The van der Waals surface area contributed by atoms with Crippen LogP contribution in [-0.4, -0.2) is 41.0 Å². The quantitative estimate of drug-likeness (QED) is 0.940. The highest BCUT2D eigenvalue weighted by Gasteiger charge is 2.25. The molecule has 3 rings (SSSR count). The number of nitrogen functional groups attached to an aromatic ring is 1. The number of hydrogen-bond donors (Lipinski definition) is 1. The van der Waals surface area contributed by atoms with E-state index in [9.17, 15) is 8.78 Å². The Bertz CT molecular complexity index is 686. The minimum atomic E-state index is -0.554. The predicted octanol–water partition coefficient (Wildman–Crippen LogP) is 2.22. The number of benzene rings is 1. The van der Waals surface area contributed by atoms with Crippen LogP contribution in [0.3, 0.4) is 0 Å². The van der Waals surface area contributed by atoms with E-state index >= 15 is 0 Å². The largest absolute Gasteiger partial charge is 0.381 e. The molecule has 5 nitrogen and oxygen atoms in total. The highest BCUT2D eigenvalue weighted by Crippen LogP contribution is 2.26. The zero-order chi connectivity index (χ0) is 16.4. The van der Waals surface area contributed by atoms with Gasteiger partial charge in [-0.05, 0) is 13.0 Å². The zero-order valence-corrected chi connectivity index (χ0v) is 12.9. The van der Waals surface area contributed by atoms with Crippen LogP contribution < -0.4 is 10.6 Å². The first-order valence-corrected chi connectivity index (χ1v) is 7.56. The van der Waals surface area contributed by atoms with E-state index in [1.54, 1.807) is 12.4 Å². The molecule has 0 spiro atoms. The Morgan fingerprint density at radius 2 is 1.78 bits per heavy atom. The molecule has 0 aliphatic carbocycles. The second kappa shape index (κ2) is 6.45. The minimum Gasteiger partial charge on any atom is -0.381 e. The van der Waals surface area contributed by atoms with E-state index in [0.29, 0.717) is 17.2 Å². The van der Waals surface area contributed by atoms with Crippen molar-refractivity contribution in [3.05, 3.63) is 47.8 Å². The van der Waals surface area contributed by atoms with E-state index in [2.05, 4.69) is 19.8 Å². The number of nitrogens with zero attached hydrogens (tertiary/aromatic N) is 4. The van der Waals surface area contributed by atoms with Gasteiger partial charge in [0.15, 0.2) is 11.6 Å². The normalized spacial score (nSPS) is 17.3. The predicted molar refractivity (Wildman–Crippen MR) is 85.0 cm³/mol. The standard InChI is InChI=1S/C16H19F2N5/c1-11(13-3-2-12(17)10-14(13)18)22-6-8-23(9-7-22)16-15(19)20-4-5-21-16/h2-5,10-11H,6-9H2,1H3,(H2,19,20)/t11-/m1/s1. The van der Waals surface area contributed by atoms with Crippen molar-refractivity contribution in [2.24, 2.45) is 0 Å². The van der Waals surface area contributed by atoms with Crippen molar-refractivity contribution in [2.45, 2.75) is 13.0 Å². The summed E-state index contributed by atoms with van der Waals surface area (Å²) in [5, 5.41) is 0. The van der Waals surface area contributed by atoms with Crippen molar-refractivity contribution in [2.75, 3.05) is 36.8 Å². The summed E-state index contributed by atoms with van der Waals surface area (Å²) in [5.74, 6) is 0.0471. The van der Waals surface area contributed by atoms with Crippen LogP contribution in [0.5, 0.6) is 0 Å². The molecule has 1 aliphatic heterocycles. The molecule has 0 radical (unpaired) electrons. The summed E-state index contributed by atoms with van der Waals surface area (Å²) >= 11 is 0. The molecular weight excluding hydrogens is 300 g/mol. The fourth-order valence-corrected chi connectivity index (χ4v) is 2.94. The van der Waals surface area contributed by atoms with Crippen LogP contribution in [0.2, 0.25) is 0 Å². The van der Waals surface area contributed by atoms with Crippen molar-refractivity contribution in [1.29, 1.82) is 0 Å². The maximum atomic E-state index is 13.9. The summed E-state index contributed by atoms with van der Waals surface area (Å²) in [6.45, 7) is 4.89. The third-order valence-corrected chi connectivity index (χ3v) is 4.28. The molecule has 0 amide bonds. The Kier molecular flexibility index (Phi) is 4.38. The Morgan fingerprint density at radius 1 is 1.09 bits per heavy atom. The molecule has 1 fully saturated rings. The first-order chi connectivity index (χ1) is 11.1. The van der Waals surface area contributed by atoms with Crippen LogP contribution in [0.4, 0.5) is 20.4 Å². The Labute approximate surface area is 133 Å². The summed E-state index contributed by atoms with van der Waals surface area (Å²) in [6, 6.07) is 3.63. The molecule has 0 unspecified atom stereocenters. The lowest BCUT2D eigenvalue weighted by Gasteiger charge is -2.38. The molecule has 122 valence electrons. The zero-order valence-electron chi connectivity index (χ0n) is 12.9. The molecule has 2 aromatic rings. The molecule has 1 aliphatic rings. The van der Waals surface area contributed by atoms with Gasteiger partial charge >= 0.3 is 0 Å². The Morgan fingerprint density at radius 3 is 2.43 bits per heavy atom. The second-order valence-electron chi connectivity index (χ2n) is 5.63. The van der Waals surface area contributed by atoms with Gasteiger partial charge in [-0.1, -0.05) is 6.07 Å². The van der Waals surface area contributed by atoms with Crippen LogP contribution in [-0.2, 0) is 0 Å². The van der Waals surface area contributed by atoms with Gasteiger partial charge in [-0.25, -0.2) is 18.7 Å². The molecule has 1 saturated heterocycles. The first kappa shape index (κ1) is 15.6. The molecule has 2 N–H and O–H groups in total. The van der Waals surface area contributed by atoms with Gasteiger partial charge in [0.1, 0.15) is 11.6 Å². The van der Waals surface area contributed by atoms with Gasteiger partial charge in [0.05, 0.1) is 0 Å². The highest BCUT2D eigenvalue weighted by atomic mass is 19.1. The molecule has 0 saturated carbocycles. The van der Waals surface area contributed by atoms with E-state index in [1.165, 1.54) is 12.1 Å². The molecule has 1 aromatic heterocycles. The second-order valence-corrected chi connectivity index (χ2v) is 5.63. The van der Waals surface area contributed by atoms with E-state index in [1.807, 2.05) is 6.92 Å². The van der Waals surface area contributed by atoms with Gasteiger partial charge < -0.3 is 10.6 Å². The average molecular weight is 319 g/mol. The van der Waals surface area contributed by atoms with E-state index in [4.69, 9.17) is 5.73 Å². The number of piperazine rings is 1.